The molecule has 2 N–H and O–H groups in total. The molecule has 0 amide bonds. The quantitative estimate of drug-likeness (QED) is 0.478. The average Bonchev–Trinajstić information content (AvgIpc) is 2.35. The summed E-state index contributed by atoms with van der Waals surface area (Å²) in [6, 6.07) is 2.84. The van der Waals surface area contributed by atoms with Crippen molar-refractivity contribution in [2.45, 2.75) is 12.3 Å². The SMILES string of the molecule is O=C(O)c1cccc([N+](=O)[O-])c1NCC(F)(F)C(F)F. The van der Waals surface area contributed by atoms with Crippen LogP contribution in [0.4, 0.5) is 28.9 Å². The fraction of sp³-hybridized carbons (Fsp3) is 0.300. The first-order chi connectivity index (χ1) is 9.16. The van der Waals surface area contributed by atoms with E-state index in [-0.39, 0.29) is 0 Å². The second kappa shape index (κ2) is 5.72. The van der Waals surface area contributed by atoms with Gasteiger partial charge in [-0.1, -0.05) is 6.07 Å². The molecule has 0 radical (unpaired) electrons. The van der Waals surface area contributed by atoms with Gasteiger partial charge in [-0.05, 0) is 6.07 Å². The van der Waals surface area contributed by atoms with Crippen molar-refractivity contribution < 1.29 is 32.4 Å². The van der Waals surface area contributed by atoms with Crippen LogP contribution in [0, 0.1) is 10.1 Å². The van der Waals surface area contributed by atoms with Crippen LogP contribution >= 0.6 is 0 Å². The molecule has 0 bridgehead atoms. The maximum atomic E-state index is 12.8. The van der Waals surface area contributed by atoms with E-state index in [1.54, 1.807) is 5.32 Å². The van der Waals surface area contributed by atoms with E-state index in [1.807, 2.05) is 0 Å². The predicted octanol–water partition coefficient (Wildman–Crippen LogP) is 2.61. The summed E-state index contributed by atoms with van der Waals surface area (Å²) >= 11 is 0. The smallest absolute Gasteiger partial charge is 0.338 e. The van der Waals surface area contributed by atoms with Gasteiger partial charge in [0.25, 0.3) is 5.69 Å². The Morgan fingerprint density at radius 3 is 2.50 bits per heavy atom. The van der Waals surface area contributed by atoms with Gasteiger partial charge in [0.1, 0.15) is 5.69 Å². The third-order valence-electron chi connectivity index (χ3n) is 2.29. The zero-order chi connectivity index (χ0) is 15.5. The lowest BCUT2D eigenvalue weighted by Gasteiger charge is -2.17. The van der Waals surface area contributed by atoms with Crippen molar-refractivity contribution in [2.75, 3.05) is 11.9 Å². The number of nitrogens with one attached hydrogen (secondary N) is 1. The Morgan fingerprint density at radius 2 is 2.05 bits per heavy atom. The highest BCUT2D eigenvalue weighted by atomic mass is 19.3. The van der Waals surface area contributed by atoms with Crippen LogP contribution in [0.15, 0.2) is 18.2 Å². The predicted molar refractivity (Wildman–Crippen MR) is 59.5 cm³/mol. The summed E-state index contributed by atoms with van der Waals surface area (Å²) in [7, 11) is 0. The zero-order valence-corrected chi connectivity index (χ0v) is 9.65. The van der Waals surface area contributed by atoms with Gasteiger partial charge in [-0.2, -0.15) is 8.78 Å². The molecule has 0 fully saturated rings. The van der Waals surface area contributed by atoms with E-state index in [2.05, 4.69) is 0 Å². The molecule has 6 nitrogen and oxygen atoms in total. The number of carboxylic acids is 1. The minimum atomic E-state index is -4.44. The number of anilines is 1. The Hall–Kier alpha value is -2.39. The van der Waals surface area contributed by atoms with Gasteiger partial charge in [-0.15, -0.1) is 0 Å². The molecule has 0 atom stereocenters. The van der Waals surface area contributed by atoms with Gasteiger partial charge in [0, 0.05) is 6.07 Å². The lowest BCUT2D eigenvalue weighted by atomic mass is 10.1. The Labute approximate surface area is 109 Å². The molecule has 10 heteroatoms. The molecule has 20 heavy (non-hydrogen) atoms. The maximum absolute atomic E-state index is 12.8. The molecule has 0 spiro atoms. The number of hydrogen-bond acceptors (Lipinski definition) is 4. The van der Waals surface area contributed by atoms with E-state index in [0.29, 0.717) is 0 Å². The van der Waals surface area contributed by atoms with Gasteiger partial charge < -0.3 is 10.4 Å². The van der Waals surface area contributed by atoms with Crippen LogP contribution in [0.2, 0.25) is 0 Å². The molecule has 110 valence electrons. The number of hydrogen-bond donors (Lipinski definition) is 2. The van der Waals surface area contributed by atoms with Gasteiger partial charge >= 0.3 is 18.3 Å². The number of nitrogens with zero attached hydrogens (tertiary/aromatic N) is 1. The van der Waals surface area contributed by atoms with Crippen LogP contribution in [0.1, 0.15) is 10.4 Å². The first kappa shape index (κ1) is 15.7. The number of carboxylic acid groups (broad SMARTS) is 1. The van der Waals surface area contributed by atoms with Gasteiger partial charge in [0.05, 0.1) is 17.0 Å². The summed E-state index contributed by atoms with van der Waals surface area (Å²) in [5, 5.41) is 21.2. The number of benzene rings is 1. The van der Waals surface area contributed by atoms with Crippen molar-refractivity contribution in [2.24, 2.45) is 0 Å². The van der Waals surface area contributed by atoms with Crippen LogP contribution < -0.4 is 5.32 Å². The highest BCUT2D eigenvalue weighted by Gasteiger charge is 2.41. The molecule has 0 saturated carbocycles. The van der Waals surface area contributed by atoms with E-state index < -0.39 is 46.7 Å². The minimum Gasteiger partial charge on any atom is -0.478 e. The molecule has 0 unspecified atom stereocenters. The second-order valence-electron chi connectivity index (χ2n) is 3.68. The Kier molecular flexibility index (Phi) is 4.48. The molecule has 0 aliphatic heterocycles. The van der Waals surface area contributed by atoms with Gasteiger partial charge in [-0.3, -0.25) is 10.1 Å². The third-order valence-corrected chi connectivity index (χ3v) is 2.29. The Morgan fingerprint density at radius 1 is 1.45 bits per heavy atom. The highest BCUT2D eigenvalue weighted by molar-refractivity contribution is 5.96. The zero-order valence-electron chi connectivity index (χ0n) is 9.65. The van der Waals surface area contributed by atoms with Gasteiger partial charge in [0.2, 0.25) is 0 Å². The Balaban J connectivity index is 3.15. The second-order valence-corrected chi connectivity index (χ2v) is 3.68. The van der Waals surface area contributed by atoms with Crippen LogP contribution in [0.25, 0.3) is 0 Å². The van der Waals surface area contributed by atoms with Crippen LogP contribution in [0.3, 0.4) is 0 Å². The molecule has 0 aromatic heterocycles. The first-order valence-corrected chi connectivity index (χ1v) is 5.07. The van der Waals surface area contributed by atoms with Gasteiger partial charge in [-0.25, -0.2) is 13.6 Å². The molecule has 0 aliphatic rings. The topological polar surface area (TPSA) is 92.5 Å². The number of alkyl halides is 4. The van der Waals surface area contributed by atoms with Crippen molar-refractivity contribution in [3.8, 4) is 0 Å². The summed E-state index contributed by atoms with van der Waals surface area (Å²) < 4.78 is 49.5. The first-order valence-electron chi connectivity index (χ1n) is 5.07. The fourth-order valence-corrected chi connectivity index (χ4v) is 1.34. The monoisotopic (exact) mass is 296 g/mol. The molecule has 1 rings (SSSR count). The third kappa shape index (κ3) is 3.33. The Bertz CT molecular complexity index is 504. The summed E-state index contributed by atoms with van der Waals surface area (Å²) in [5.74, 6) is -6.06. The number of nitro benzene ring substituents is 1. The number of halogens is 4. The number of rotatable bonds is 6. The average molecular weight is 296 g/mol. The van der Waals surface area contributed by atoms with Crippen molar-refractivity contribution >= 4 is 17.3 Å². The van der Waals surface area contributed by atoms with Gasteiger partial charge in [0.15, 0.2) is 0 Å². The molecule has 0 aliphatic carbocycles. The minimum absolute atomic E-state index is 0.663. The molecular weight excluding hydrogens is 288 g/mol. The van der Waals surface area contributed by atoms with Crippen LogP contribution in [-0.4, -0.2) is 34.9 Å². The standard InChI is InChI=1S/C10H8F4N2O4/c11-9(12)10(13,14)4-15-7-5(8(17)18)2-1-3-6(7)16(19)20/h1-3,9,15H,4H2,(H,17,18). The number of aromatic carboxylic acids is 1. The lowest BCUT2D eigenvalue weighted by molar-refractivity contribution is -0.384. The molecular formula is C10H8F4N2O4. The van der Waals surface area contributed by atoms with Crippen molar-refractivity contribution in [1.29, 1.82) is 0 Å². The van der Waals surface area contributed by atoms with E-state index in [4.69, 9.17) is 5.11 Å². The number of carbonyl (C=O) groups is 1. The van der Waals surface area contributed by atoms with E-state index in [9.17, 15) is 32.5 Å². The number of nitro groups is 1. The maximum Gasteiger partial charge on any atom is 0.338 e. The molecule has 1 aromatic carbocycles. The van der Waals surface area contributed by atoms with Crippen molar-refractivity contribution in [1.82, 2.24) is 0 Å². The summed E-state index contributed by atoms with van der Waals surface area (Å²) in [6.45, 7) is -1.63. The number of para-hydroxylation sites is 1. The molecule has 0 heterocycles. The van der Waals surface area contributed by atoms with Crippen molar-refractivity contribution in [3.63, 3.8) is 0 Å². The van der Waals surface area contributed by atoms with E-state index in [0.717, 1.165) is 18.2 Å². The van der Waals surface area contributed by atoms with E-state index in [1.165, 1.54) is 0 Å². The summed E-state index contributed by atoms with van der Waals surface area (Å²) in [4.78, 5) is 20.5. The summed E-state index contributed by atoms with van der Waals surface area (Å²) in [6.07, 6.45) is -3.98. The van der Waals surface area contributed by atoms with Crippen LogP contribution in [0.5, 0.6) is 0 Å². The van der Waals surface area contributed by atoms with Crippen molar-refractivity contribution in [3.05, 3.63) is 33.9 Å². The lowest BCUT2D eigenvalue weighted by Crippen LogP contribution is -2.35. The highest BCUT2D eigenvalue weighted by Crippen LogP contribution is 2.30. The molecule has 0 saturated heterocycles. The molecule has 1 aromatic rings. The van der Waals surface area contributed by atoms with Crippen LogP contribution in [-0.2, 0) is 0 Å². The largest absolute Gasteiger partial charge is 0.478 e. The normalized spacial score (nSPS) is 11.4. The summed E-state index contributed by atoms with van der Waals surface area (Å²) in [5.41, 5.74) is -2.20. The fourth-order valence-electron chi connectivity index (χ4n) is 1.34. The van der Waals surface area contributed by atoms with E-state index >= 15 is 0 Å².